The summed E-state index contributed by atoms with van der Waals surface area (Å²) in [6, 6.07) is 28.3. The van der Waals surface area contributed by atoms with Crippen molar-refractivity contribution in [2.75, 3.05) is 24.6 Å². The largest absolute Gasteiger partial charge is 0.493 e. The molecule has 6 nitrogen and oxygen atoms in total. The Hall–Kier alpha value is -4.58. The molecule has 3 aromatic carbocycles. The number of cyclic esters (lactones) is 1. The first-order valence-electron chi connectivity index (χ1n) is 13.9. The number of hydrogen-bond acceptors (Lipinski definition) is 5. The van der Waals surface area contributed by atoms with Crippen molar-refractivity contribution in [2.45, 2.75) is 33.3 Å². The fraction of sp³-hybridized carbons (Fsp3) is 0.235. The Kier molecular flexibility index (Phi) is 6.54. The van der Waals surface area contributed by atoms with E-state index in [1.807, 2.05) is 43.3 Å². The van der Waals surface area contributed by atoms with Gasteiger partial charge >= 0.3 is 5.97 Å². The molecule has 2 aromatic heterocycles. The lowest BCUT2D eigenvalue weighted by molar-refractivity contribution is 0.0238. The lowest BCUT2D eigenvalue weighted by Crippen LogP contribution is -2.32. The van der Waals surface area contributed by atoms with Crippen LogP contribution in [-0.4, -0.2) is 35.2 Å². The molecule has 1 aliphatic heterocycles. The molecule has 1 aliphatic rings. The molecule has 6 heteroatoms. The third-order valence-corrected chi connectivity index (χ3v) is 7.86. The molecule has 40 heavy (non-hydrogen) atoms. The zero-order chi connectivity index (χ0) is 27.9. The van der Waals surface area contributed by atoms with Crippen molar-refractivity contribution >= 4 is 22.6 Å². The molecule has 0 spiro atoms. The number of hydrogen-bond donors (Lipinski definition) is 0. The summed E-state index contributed by atoms with van der Waals surface area (Å²) in [5.74, 6) is 0.281. The van der Waals surface area contributed by atoms with Gasteiger partial charge in [-0.15, -0.1) is 0 Å². The fourth-order valence-electron chi connectivity index (χ4n) is 6.16. The number of carbonyl (C=O) groups excluding carboxylic acids is 1. The first-order chi connectivity index (χ1) is 19.5. The van der Waals surface area contributed by atoms with E-state index in [1.165, 1.54) is 0 Å². The molecule has 0 saturated heterocycles. The van der Waals surface area contributed by atoms with Gasteiger partial charge in [0.2, 0.25) is 5.60 Å². The SMILES string of the molecule is CCOc1cc(N(CC)CC)ccc1C1(c2c(C)n(-c3ccccc3)c3ccccc23)OC(=O)c2cccnc21. The van der Waals surface area contributed by atoms with E-state index in [4.69, 9.17) is 14.5 Å². The zero-order valence-electron chi connectivity index (χ0n) is 23.3. The Balaban J connectivity index is 1.74. The molecule has 1 unspecified atom stereocenters. The van der Waals surface area contributed by atoms with Gasteiger partial charge in [-0.1, -0.05) is 36.4 Å². The molecule has 0 saturated carbocycles. The average molecular weight is 532 g/mol. The van der Waals surface area contributed by atoms with Crippen molar-refractivity contribution in [3.63, 3.8) is 0 Å². The molecule has 0 bridgehead atoms. The Morgan fingerprint density at radius 1 is 0.925 bits per heavy atom. The number of fused-ring (bicyclic) bond motifs is 2. The highest BCUT2D eigenvalue weighted by molar-refractivity contribution is 5.98. The average Bonchev–Trinajstić information content (AvgIpc) is 3.45. The van der Waals surface area contributed by atoms with Crippen LogP contribution in [-0.2, 0) is 10.3 Å². The minimum Gasteiger partial charge on any atom is -0.493 e. The summed E-state index contributed by atoms with van der Waals surface area (Å²) >= 11 is 0. The lowest BCUT2D eigenvalue weighted by atomic mass is 9.80. The topological polar surface area (TPSA) is 56.6 Å². The summed E-state index contributed by atoms with van der Waals surface area (Å²) in [7, 11) is 0. The summed E-state index contributed by atoms with van der Waals surface area (Å²) in [6.45, 7) is 10.5. The van der Waals surface area contributed by atoms with Gasteiger partial charge in [0.05, 0.1) is 17.7 Å². The van der Waals surface area contributed by atoms with Crippen LogP contribution in [0.3, 0.4) is 0 Å². The zero-order valence-corrected chi connectivity index (χ0v) is 23.3. The second-order valence-corrected chi connectivity index (χ2v) is 9.90. The van der Waals surface area contributed by atoms with E-state index in [1.54, 1.807) is 18.3 Å². The van der Waals surface area contributed by atoms with Gasteiger partial charge < -0.3 is 18.9 Å². The Bertz CT molecular complexity index is 1700. The standard InChI is InChI=1S/C34H33N3O3/c1-5-36(6-2)25-19-20-28(30(22-25)39-7-3)34(32-27(33(38)40-34)17-13-21-35-32)31-23(4)37(24-14-9-8-10-15-24)29-18-12-11-16-26(29)31/h8-22H,5-7H2,1-4H3. The molecule has 0 amide bonds. The van der Waals surface area contributed by atoms with E-state index in [-0.39, 0.29) is 0 Å². The summed E-state index contributed by atoms with van der Waals surface area (Å²) in [5.41, 5.74) is 5.47. The van der Waals surface area contributed by atoms with Crippen molar-refractivity contribution in [3.05, 3.63) is 119 Å². The van der Waals surface area contributed by atoms with Crippen LogP contribution >= 0.6 is 0 Å². The molecule has 202 valence electrons. The molecule has 5 aromatic rings. The van der Waals surface area contributed by atoms with Gasteiger partial charge in [-0.25, -0.2) is 4.79 Å². The number of nitrogens with zero attached hydrogens (tertiary/aromatic N) is 3. The quantitative estimate of drug-likeness (QED) is 0.201. The van der Waals surface area contributed by atoms with Gasteiger partial charge in [-0.05, 0) is 70.2 Å². The molecule has 6 rings (SSSR count). The van der Waals surface area contributed by atoms with Crippen LogP contribution in [0.4, 0.5) is 5.69 Å². The van der Waals surface area contributed by atoms with Gasteiger partial charge in [0, 0.05) is 58.9 Å². The van der Waals surface area contributed by atoms with Crippen molar-refractivity contribution in [1.82, 2.24) is 9.55 Å². The number of para-hydroxylation sites is 2. The van der Waals surface area contributed by atoms with Crippen molar-refractivity contribution in [2.24, 2.45) is 0 Å². The number of ether oxygens (including phenoxy) is 2. The van der Waals surface area contributed by atoms with E-state index in [0.29, 0.717) is 23.6 Å². The number of rotatable bonds is 8. The maximum Gasteiger partial charge on any atom is 0.341 e. The third-order valence-electron chi connectivity index (χ3n) is 7.86. The smallest absolute Gasteiger partial charge is 0.341 e. The van der Waals surface area contributed by atoms with E-state index < -0.39 is 11.6 Å². The third kappa shape index (κ3) is 3.78. The number of anilines is 1. The number of carbonyl (C=O) groups is 1. The van der Waals surface area contributed by atoms with Crippen LogP contribution < -0.4 is 9.64 Å². The predicted octanol–water partition coefficient (Wildman–Crippen LogP) is 7.04. The predicted molar refractivity (Wildman–Crippen MR) is 159 cm³/mol. The Labute approximate surface area is 234 Å². The second kappa shape index (κ2) is 10.2. The number of esters is 1. The lowest BCUT2D eigenvalue weighted by Gasteiger charge is -2.32. The second-order valence-electron chi connectivity index (χ2n) is 9.90. The van der Waals surface area contributed by atoms with Crippen LogP contribution in [0.1, 0.15) is 53.6 Å². The molecular formula is C34H33N3O3. The monoisotopic (exact) mass is 531 g/mol. The molecule has 0 N–H and O–H groups in total. The van der Waals surface area contributed by atoms with Gasteiger partial charge in [-0.2, -0.15) is 0 Å². The van der Waals surface area contributed by atoms with Crippen LogP contribution in [0, 0.1) is 6.92 Å². The fourth-order valence-corrected chi connectivity index (χ4v) is 6.16. The van der Waals surface area contributed by atoms with Crippen LogP contribution in [0.15, 0.2) is 91.1 Å². The minimum atomic E-state index is -1.30. The summed E-state index contributed by atoms with van der Waals surface area (Å²) in [6.07, 6.45) is 1.73. The highest BCUT2D eigenvalue weighted by Gasteiger charge is 2.54. The maximum absolute atomic E-state index is 13.6. The van der Waals surface area contributed by atoms with Crippen molar-refractivity contribution < 1.29 is 14.3 Å². The Morgan fingerprint density at radius 2 is 1.68 bits per heavy atom. The summed E-state index contributed by atoms with van der Waals surface area (Å²) in [5, 5.41) is 0.991. The molecular weight excluding hydrogens is 498 g/mol. The highest BCUT2D eigenvalue weighted by Crippen LogP contribution is 2.53. The Morgan fingerprint density at radius 3 is 2.42 bits per heavy atom. The van der Waals surface area contributed by atoms with Crippen LogP contribution in [0.2, 0.25) is 0 Å². The van der Waals surface area contributed by atoms with Gasteiger partial charge in [-0.3, -0.25) is 4.98 Å². The normalized spacial score (nSPS) is 16.1. The van der Waals surface area contributed by atoms with Crippen LogP contribution in [0.5, 0.6) is 5.75 Å². The van der Waals surface area contributed by atoms with E-state index in [2.05, 4.69) is 66.6 Å². The molecule has 3 heterocycles. The first-order valence-corrected chi connectivity index (χ1v) is 13.9. The molecule has 0 fully saturated rings. The van der Waals surface area contributed by atoms with Crippen molar-refractivity contribution in [1.29, 1.82) is 0 Å². The molecule has 0 radical (unpaired) electrons. The number of aromatic nitrogens is 2. The minimum absolute atomic E-state index is 0.394. The summed E-state index contributed by atoms with van der Waals surface area (Å²) < 4.78 is 15.1. The first kappa shape index (κ1) is 25.7. The van der Waals surface area contributed by atoms with E-state index >= 15 is 0 Å². The summed E-state index contributed by atoms with van der Waals surface area (Å²) in [4.78, 5) is 20.7. The van der Waals surface area contributed by atoms with E-state index in [0.717, 1.165) is 52.2 Å². The van der Waals surface area contributed by atoms with Gasteiger partial charge in [0.15, 0.2) is 0 Å². The maximum atomic E-state index is 13.6. The molecule has 0 aliphatic carbocycles. The van der Waals surface area contributed by atoms with Gasteiger partial charge in [0.1, 0.15) is 11.4 Å². The van der Waals surface area contributed by atoms with Gasteiger partial charge in [0.25, 0.3) is 0 Å². The molecule has 1 atom stereocenters. The highest BCUT2D eigenvalue weighted by atomic mass is 16.6. The van der Waals surface area contributed by atoms with Crippen molar-refractivity contribution in [3.8, 4) is 11.4 Å². The van der Waals surface area contributed by atoms with Crippen LogP contribution in [0.25, 0.3) is 16.6 Å². The van der Waals surface area contributed by atoms with E-state index in [9.17, 15) is 4.79 Å². The number of pyridine rings is 1. The number of benzene rings is 3.